The topological polar surface area (TPSA) is 63.9 Å². The largest absolute Gasteiger partial charge is 0.468 e. The summed E-state index contributed by atoms with van der Waals surface area (Å²) in [6.07, 6.45) is 1.63. The SMILES string of the molecule is CN(CC(=O)NCc1ccc2c(c1)OCO2)Cc1ccco1. The number of hydrogen-bond donors (Lipinski definition) is 1. The van der Waals surface area contributed by atoms with Crippen molar-refractivity contribution in [3.63, 3.8) is 0 Å². The maximum Gasteiger partial charge on any atom is 0.234 e. The van der Waals surface area contributed by atoms with Crippen LogP contribution in [-0.2, 0) is 17.9 Å². The molecule has 0 spiro atoms. The fraction of sp³-hybridized carbons (Fsp3) is 0.312. The number of carbonyl (C=O) groups is 1. The average Bonchev–Trinajstić information content (AvgIpc) is 3.15. The molecule has 0 atom stereocenters. The van der Waals surface area contributed by atoms with Crippen LogP contribution >= 0.6 is 0 Å². The number of likely N-dealkylation sites (N-methyl/N-ethyl adjacent to an activating group) is 1. The molecule has 0 fully saturated rings. The number of furan rings is 1. The van der Waals surface area contributed by atoms with Crippen molar-refractivity contribution in [3.05, 3.63) is 47.9 Å². The molecule has 2 heterocycles. The molecule has 0 radical (unpaired) electrons. The van der Waals surface area contributed by atoms with Crippen molar-refractivity contribution in [2.45, 2.75) is 13.1 Å². The van der Waals surface area contributed by atoms with Gasteiger partial charge >= 0.3 is 0 Å². The molecule has 0 unspecified atom stereocenters. The minimum Gasteiger partial charge on any atom is -0.468 e. The predicted octanol–water partition coefficient (Wildman–Crippen LogP) is 1.76. The van der Waals surface area contributed by atoms with Gasteiger partial charge in [0.25, 0.3) is 0 Å². The van der Waals surface area contributed by atoms with Crippen LogP contribution in [0, 0.1) is 0 Å². The van der Waals surface area contributed by atoms with Crippen molar-refractivity contribution in [3.8, 4) is 11.5 Å². The molecule has 1 aliphatic rings. The first-order valence-corrected chi connectivity index (χ1v) is 7.07. The van der Waals surface area contributed by atoms with E-state index in [1.807, 2.05) is 42.3 Å². The number of hydrogen-bond acceptors (Lipinski definition) is 5. The highest BCUT2D eigenvalue weighted by atomic mass is 16.7. The van der Waals surface area contributed by atoms with Gasteiger partial charge in [-0.15, -0.1) is 0 Å². The Morgan fingerprint density at radius 1 is 1.27 bits per heavy atom. The molecule has 0 saturated carbocycles. The molecule has 1 aromatic carbocycles. The summed E-state index contributed by atoms with van der Waals surface area (Å²) in [7, 11) is 1.88. The third kappa shape index (κ3) is 3.59. The van der Waals surface area contributed by atoms with Crippen molar-refractivity contribution >= 4 is 5.91 Å². The van der Waals surface area contributed by atoms with Crippen molar-refractivity contribution in [2.75, 3.05) is 20.4 Å². The summed E-state index contributed by atoms with van der Waals surface area (Å²) in [4.78, 5) is 13.8. The van der Waals surface area contributed by atoms with E-state index in [1.54, 1.807) is 6.26 Å². The second kappa shape index (κ2) is 6.53. The number of fused-ring (bicyclic) bond motifs is 1. The van der Waals surface area contributed by atoms with Gasteiger partial charge in [0.2, 0.25) is 12.7 Å². The lowest BCUT2D eigenvalue weighted by atomic mass is 10.2. The summed E-state index contributed by atoms with van der Waals surface area (Å²) in [6, 6.07) is 9.38. The fourth-order valence-corrected chi connectivity index (χ4v) is 2.28. The molecule has 1 N–H and O–H groups in total. The zero-order valence-electron chi connectivity index (χ0n) is 12.4. The third-order valence-corrected chi connectivity index (χ3v) is 3.35. The van der Waals surface area contributed by atoms with E-state index in [4.69, 9.17) is 13.9 Å². The number of nitrogens with one attached hydrogen (secondary N) is 1. The summed E-state index contributed by atoms with van der Waals surface area (Å²) in [5.74, 6) is 2.27. The fourth-order valence-electron chi connectivity index (χ4n) is 2.28. The molecular formula is C16H18N2O4. The smallest absolute Gasteiger partial charge is 0.234 e. The van der Waals surface area contributed by atoms with Crippen molar-refractivity contribution in [2.24, 2.45) is 0 Å². The van der Waals surface area contributed by atoms with Gasteiger partial charge in [-0.3, -0.25) is 9.69 Å². The van der Waals surface area contributed by atoms with Gasteiger partial charge in [0.15, 0.2) is 11.5 Å². The molecule has 6 nitrogen and oxygen atoms in total. The first-order chi connectivity index (χ1) is 10.7. The minimum atomic E-state index is -0.0354. The zero-order valence-corrected chi connectivity index (χ0v) is 12.4. The Balaban J connectivity index is 1.46. The van der Waals surface area contributed by atoms with E-state index in [-0.39, 0.29) is 12.7 Å². The van der Waals surface area contributed by atoms with Crippen LogP contribution < -0.4 is 14.8 Å². The van der Waals surface area contributed by atoms with Crippen LogP contribution in [0.2, 0.25) is 0 Å². The van der Waals surface area contributed by atoms with E-state index in [2.05, 4.69) is 5.32 Å². The molecule has 0 bridgehead atoms. The van der Waals surface area contributed by atoms with Gasteiger partial charge in [0.1, 0.15) is 5.76 Å². The van der Waals surface area contributed by atoms with Crippen LogP contribution in [0.25, 0.3) is 0 Å². The van der Waals surface area contributed by atoms with Crippen LogP contribution in [0.3, 0.4) is 0 Å². The molecule has 1 aromatic heterocycles. The first kappa shape index (κ1) is 14.5. The normalized spacial score (nSPS) is 12.6. The number of amides is 1. The molecule has 0 aliphatic carbocycles. The second-order valence-electron chi connectivity index (χ2n) is 5.22. The van der Waals surface area contributed by atoms with Crippen LogP contribution in [-0.4, -0.2) is 31.2 Å². The van der Waals surface area contributed by atoms with E-state index in [9.17, 15) is 4.79 Å². The molecule has 116 valence electrons. The number of carbonyl (C=O) groups excluding carboxylic acids is 1. The highest BCUT2D eigenvalue weighted by Gasteiger charge is 2.14. The number of nitrogens with zero attached hydrogens (tertiary/aromatic N) is 1. The highest BCUT2D eigenvalue weighted by molar-refractivity contribution is 5.78. The Kier molecular flexibility index (Phi) is 4.29. The zero-order chi connectivity index (χ0) is 15.4. The van der Waals surface area contributed by atoms with Gasteiger partial charge in [0, 0.05) is 6.54 Å². The molecule has 6 heteroatoms. The monoisotopic (exact) mass is 302 g/mol. The highest BCUT2D eigenvalue weighted by Crippen LogP contribution is 2.32. The minimum absolute atomic E-state index is 0.0354. The Hall–Kier alpha value is -2.47. The second-order valence-corrected chi connectivity index (χ2v) is 5.22. The maximum absolute atomic E-state index is 11.9. The summed E-state index contributed by atoms with van der Waals surface area (Å²) in [5, 5.41) is 2.89. The standard InChI is InChI=1S/C16H18N2O4/c1-18(9-13-3-2-6-20-13)10-16(19)17-8-12-4-5-14-15(7-12)22-11-21-14/h2-7H,8-11H2,1H3,(H,17,19). The molecule has 1 aliphatic heterocycles. The van der Waals surface area contributed by atoms with Gasteiger partial charge in [-0.2, -0.15) is 0 Å². The Bertz CT molecular complexity index is 640. The van der Waals surface area contributed by atoms with E-state index < -0.39 is 0 Å². The Morgan fingerprint density at radius 2 is 2.14 bits per heavy atom. The van der Waals surface area contributed by atoms with Gasteiger partial charge < -0.3 is 19.2 Å². The van der Waals surface area contributed by atoms with Gasteiger partial charge in [-0.05, 0) is 36.9 Å². The number of benzene rings is 1. The van der Waals surface area contributed by atoms with Crippen LogP contribution in [0.1, 0.15) is 11.3 Å². The molecule has 22 heavy (non-hydrogen) atoms. The van der Waals surface area contributed by atoms with E-state index in [0.29, 0.717) is 19.6 Å². The Morgan fingerprint density at radius 3 is 2.95 bits per heavy atom. The molecule has 1 amide bonds. The lowest BCUT2D eigenvalue weighted by Gasteiger charge is -2.14. The van der Waals surface area contributed by atoms with E-state index >= 15 is 0 Å². The Labute approximate surface area is 128 Å². The molecule has 3 rings (SSSR count). The first-order valence-electron chi connectivity index (χ1n) is 7.07. The van der Waals surface area contributed by atoms with Crippen molar-refractivity contribution in [1.29, 1.82) is 0 Å². The van der Waals surface area contributed by atoms with Gasteiger partial charge in [0.05, 0.1) is 19.4 Å². The maximum atomic E-state index is 11.9. The lowest BCUT2D eigenvalue weighted by Crippen LogP contribution is -2.34. The van der Waals surface area contributed by atoms with Crippen LogP contribution in [0.15, 0.2) is 41.0 Å². The number of rotatable bonds is 6. The summed E-state index contributed by atoms with van der Waals surface area (Å²) < 4.78 is 15.8. The van der Waals surface area contributed by atoms with E-state index in [0.717, 1.165) is 22.8 Å². The summed E-state index contributed by atoms with van der Waals surface area (Å²) >= 11 is 0. The lowest BCUT2D eigenvalue weighted by molar-refractivity contribution is -0.122. The van der Waals surface area contributed by atoms with Gasteiger partial charge in [-0.25, -0.2) is 0 Å². The average molecular weight is 302 g/mol. The molecule has 0 saturated heterocycles. The van der Waals surface area contributed by atoms with Gasteiger partial charge in [-0.1, -0.05) is 6.07 Å². The van der Waals surface area contributed by atoms with Crippen LogP contribution in [0.5, 0.6) is 11.5 Å². The predicted molar refractivity (Wildman–Crippen MR) is 79.5 cm³/mol. The van der Waals surface area contributed by atoms with E-state index in [1.165, 1.54) is 0 Å². The van der Waals surface area contributed by atoms with Crippen molar-refractivity contribution < 1.29 is 18.7 Å². The summed E-state index contributed by atoms with van der Waals surface area (Å²) in [5.41, 5.74) is 0.978. The van der Waals surface area contributed by atoms with Crippen LogP contribution in [0.4, 0.5) is 0 Å². The summed E-state index contributed by atoms with van der Waals surface area (Å²) in [6.45, 7) is 1.63. The molecule has 2 aromatic rings. The quantitative estimate of drug-likeness (QED) is 0.881. The number of ether oxygens (including phenoxy) is 2. The third-order valence-electron chi connectivity index (χ3n) is 3.35. The van der Waals surface area contributed by atoms with Crippen molar-refractivity contribution in [1.82, 2.24) is 10.2 Å². The molecular weight excluding hydrogens is 284 g/mol.